The zero-order valence-electron chi connectivity index (χ0n) is 16.2. The van der Waals surface area contributed by atoms with Gasteiger partial charge in [0.1, 0.15) is 0 Å². The molecular formula is C20H29N3O3S. The van der Waals surface area contributed by atoms with E-state index in [4.69, 9.17) is 10.00 Å². The number of nitriles is 1. The summed E-state index contributed by atoms with van der Waals surface area (Å²) in [4.78, 5) is 2.01. The lowest BCUT2D eigenvalue weighted by Gasteiger charge is -2.45. The quantitative estimate of drug-likeness (QED) is 0.743. The van der Waals surface area contributed by atoms with Crippen molar-refractivity contribution < 1.29 is 13.2 Å². The smallest absolute Gasteiger partial charge is 0.218 e. The molecule has 1 aromatic carbocycles. The van der Waals surface area contributed by atoms with Crippen molar-refractivity contribution >= 4 is 10.0 Å². The molecule has 0 aromatic heterocycles. The molecular weight excluding hydrogens is 362 g/mol. The number of likely N-dealkylation sites (N-methyl/N-ethyl adjacent to an activating group) is 1. The molecule has 0 bridgehead atoms. The predicted octanol–water partition coefficient (Wildman–Crippen LogP) is 2.16. The summed E-state index contributed by atoms with van der Waals surface area (Å²) >= 11 is 0. The lowest BCUT2D eigenvalue weighted by molar-refractivity contribution is -0.109. The summed E-state index contributed by atoms with van der Waals surface area (Å²) in [5.74, 6) is -0.0140. The van der Waals surface area contributed by atoms with Gasteiger partial charge in [0.05, 0.1) is 36.5 Å². The molecule has 0 radical (unpaired) electrons. The summed E-state index contributed by atoms with van der Waals surface area (Å²) in [6.07, 6.45) is 4.43. The van der Waals surface area contributed by atoms with Gasteiger partial charge in [0, 0.05) is 13.1 Å². The van der Waals surface area contributed by atoms with E-state index < -0.39 is 10.0 Å². The third kappa shape index (κ3) is 4.88. The highest BCUT2D eigenvalue weighted by Crippen LogP contribution is 2.38. The molecule has 1 saturated heterocycles. The maximum atomic E-state index is 13.3. The van der Waals surface area contributed by atoms with Crippen molar-refractivity contribution in [3.05, 3.63) is 35.4 Å². The lowest BCUT2D eigenvalue weighted by Crippen LogP contribution is -2.59. The molecule has 1 saturated carbocycles. The summed E-state index contributed by atoms with van der Waals surface area (Å²) in [6.45, 7) is 1.56. The summed E-state index contributed by atoms with van der Waals surface area (Å²) in [7, 11) is 0.456. The molecule has 1 aliphatic carbocycles. The summed E-state index contributed by atoms with van der Waals surface area (Å²) in [6, 6.07) is 9.26. The minimum Gasteiger partial charge on any atom is -0.372 e. The molecule has 0 amide bonds. The summed E-state index contributed by atoms with van der Waals surface area (Å²) < 4.78 is 34.5. The van der Waals surface area contributed by atoms with Crippen molar-refractivity contribution in [2.24, 2.45) is 0 Å². The van der Waals surface area contributed by atoms with E-state index in [9.17, 15) is 8.42 Å². The van der Waals surface area contributed by atoms with Crippen LogP contribution in [0.3, 0.4) is 0 Å². The number of hydrogen-bond acceptors (Lipinski definition) is 5. The summed E-state index contributed by atoms with van der Waals surface area (Å²) in [5, 5.41) is 8.78. The van der Waals surface area contributed by atoms with Crippen LogP contribution in [0.5, 0.6) is 0 Å². The molecule has 1 aromatic rings. The Balaban J connectivity index is 1.80. The first kappa shape index (κ1) is 20.3. The SMILES string of the molecule is CN(C)CC1COC2(CCCC2)CN1S(=O)(=O)Cc1ccc(CC#N)cc1. The molecule has 2 fully saturated rings. The Hall–Kier alpha value is -1.46. The van der Waals surface area contributed by atoms with Crippen LogP contribution in [0.25, 0.3) is 0 Å². The van der Waals surface area contributed by atoms with Crippen molar-refractivity contribution in [1.29, 1.82) is 5.26 Å². The first-order valence-electron chi connectivity index (χ1n) is 9.57. The Kier molecular flexibility index (Phi) is 6.21. The highest BCUT2D eigenvalue weighted by molar-refractivity contribution is 7.88. The molecule has 6 nitrogen and oxygen atoms in total. The van der Waals surface area contributed by atoms with Crippen molar-refractivity contribution in [1.82, 2.24) is 9.21 Å². The van der Waals surface area contributed by atoms with Crippen molar-refractivity contribution in [2.75, 3.05) is 33.8 Å². The fourth-order valence-corrected chi connectivity index (χ4v) is 5.96. The Bertz CT molecular complexity index is 778. The molecule has 2 aliphatic rings. The molecule has 3 rings (SSSR count). The first-order chi connectivity index (χ1) is 12.8. The number of benzene rings is 1. The van der Waals surface area contributed by atoms with Gasteiger partial charge in [-0.15, -0.1) is 0 Å². The third-order valence-corrected chi connectivity index (χ3v) is 7.38. The maximum Gasteiger partial charge on any atom is 0.218 e. The highest BCUT2D eigenvalue weighted by atomic mass is 32.2. The minimum atomic E-state index is -3.46. The minimum absolute atomic E-state index is 0.0140. The fourth-order valence-electron chi connectivity index (χ4n) is 4.17. The Morgan fingerprint density at radius 1 is 1.22 bits per heavy atom. The first-order valence-corrected chi connectivity index (χ1v) is 11.2. The van der Waals surface area contributed by atoms with E-state index in [0.717, 1.165) is 36.8 Å². The normalized spacial score (nSPS) is 23.0. The van der Waals surface area contributed by atoms with Crippen LogP contribution < -0.4 is 0 Å². The molecule has 0 N–H and O–H groups in total. The van der Waals surface area contributed by atoms with Crippen molar-refractivity contribution in [2.45, 2.75) is 49.5 Å². The average molecular weight is 392 g/mol. The van der Waals surface area contributed by atoms with Crippen LogP contribution in [-0.4, -0.2) is 63.1 Å². The second-order valence-electron chi connectivity index (χ2n) is 8.07. The van der Waals surface area contributed by atoms with Crippen LogP contribution in [0.2, 0.25) is 0 Å². The van der Waals surface area contributed by atoms with Gasteiger partial charge in [0.15, 0.2) is 0 Å². The van der Waals surface area contributed by atoms with Crippen molar-refractivity contribution in [3.63, 3.8) is 0 Å². The standard InChI is InChI=1S/C20H29N3O3S/c1-22(2)13-19-14-26-20(10-3-4-11-20)16-23(19)27(24,25)15-18-7-5-17(6-8-18)9-12-21/h5-8,19H,3-4,9-11,13-16H2,1-2H3. The molecule has 148 valence electrons. The van der Waals surface area contributed by atoms with Crippen LogP contribution in [0, 0.1) is 11.3 Å². The number of morpholine rings is 1. The van der Waals surface area contributed by atoms with Gasteiger partial charge in [0.25, 0.3) is 0 Å². The van der Waals surface area contributed by atoms with Crippen molar-refractivity contribution in [3.8, 4) is 6.07 Å². The van der Waals surface area contributed by atoms with Gasteiger partial charge in [-0.25, -0.2) is 8.42 Å². The van der Waals surface area contributed by atoms with Gasteiger partial charge in [-0.05, 0) is 38.1 Å². The maximum absolute atomic E-state index is 13.3. The van der Waals surface area contributed by atoms with Crippen LogP contribution >= 0.6 is 0 Å². The number of nitrogens with zero attached hydrogens (tertiary/aromatic N) is 3. The van der Waals surface area contributed by atoms with Gasteiger partial charge in [-0.2, -0.15) is 9.57 Å². The molecule has 1 heterocycles. The second-order valence-corrected chi connectivity index (χ2v) is 9.99. The Morgan fingerprint density at radius 3 is 2.44 bits per heavy atom. The average Bonchev–Trinajstić information content (AvgIpc) is 3.06. The van der Waals surface area contributed by atoms with Crippen LogP contribution in [-0.2, 0) is 26.9 Å². The Labute approximate surface area is 162 Å². The van der Waals surface area contributed by atoms with Crippen LogP contribution in [0.15, 0.2) is 24.3 Å². The zero-order valence-corrected chi connectivity index (χ0v) is 17.0. The largest absolute Gasteiger partial charge is 0.372 e. The van der Waals surface area contributed by atoms with Gasteiger partial charge < -0.3 is 9.64 Å². The lowest BCUT2D eigenvalue weighted by atomic mass is 9.99. The number of rotatable bonds is 6. The molecule has 27 heavy (non-hydrogen) atoms. The molecule has 1 atom stereocenters. The topological polar surface area (TPSA) is 73.6 Å². The van der Waals surface area contributed by atoms with E-state index in [2.05, 4.69) is 6.07 Å². The van der Waals surface area contributed by atoms with Gasteiger partial charge in [-0.3, -0.25) is 0 Å². The van der Waals surface area contributed by atoms with E-state index in [0.29, 0.717) is 26.1 Å². The molecule has 1 aliphatic heterocycles. The van der Waals surface area contributed by atoms with Gasteiger partial charge >= 0.3 is 0 Å². The number of hydrogen-bond donors (Lipinski definition) is 0. The van der Waals surface area contributed by atoms with Gasteiger partial charge in [-0.1, -0.05) is 37.1 Å². The van der Waals surface area contributed by atoms with E-state index in [-0.39, 0.29) is 17.4 Å². The molecule has 1 spiro atoms. The molecule has 1 unspecified atom stereocenters. The summed E-state index contributed by atoms with van der Waals surface area (Å²) in [5.41, 5.74) is 1.36. The second kappa shape index (κ2) is 8.27. The third-order valence-electron chi connectivity index (χ3n) is 5.54. The van der Waals surface area contributed by atoms with Crippen LogP contribution in [0.4, 0.5) is 0 Å². The monoisotopic (exact) mass is 391 g/mol. The number of ether oxygens (including phenoxy) is 1. The highest BCUT2D eigenvalue weighted by Gasteiger charge is 2.46. The van der Waals surface area contributed by atoms with Gasteiger partial charge in [0.2, 0.25) is 10.0 Å². The van der Waals surface area contributed by atoms with E-state index in [1.165, 1.54) is 0 Å². The Morgan fingerprint density at radius 2 is 1.85 bits per heavy atom. The molecule has 7 heteroatoms. The fraction of sp³-hybridized carbons (Fsp3) is 0.650. The van der Waals surface area contributed by atoms with E-state index >= 15 is 0 Å². The van der Waals surface area contributed by atoms with E-state index in [1.54, 1.807) is 4.31 Å². The van der Waals surface area contributed by atoms with Crippen LogP contribution in [0.1, 0.15) is 36.8 Å². The zero-order chi connectivity index (χ0) is 19.5. The number of sulfonamides is 1. The van der Waals surface area contributed by atoms with E-state index in [1.807, 2.05) is 43.3 Å². The predicted molar refractivity (Wildman–Crippen MR) is 105 cm³/mol.